The van der Waals surface area contributed by atoms with Crippen LogP contribution in [0.15, 0.2) is 18.2 Å². The van der Waals surface area contributed by atoms with Gasteiger partial charge in [-0.25, -0.2) is 0 Å². The van der Waals surface area contributed by atoms with E-state index in [1.54, 1.807) is 6.92 Å². The number of benzene rings is 1. The molecule has 15 heavy (non-hydrogen) atoms. The Bertz CT molecular complexity index is 379. The van der Waals surface area contributed by atoms with Crippen molar-refractivity contribution in [1.29, 1.82) is 0 Å². The van der Waals surface area contributed by atoms with Crippen molar-refractivity contribution in [3.05, 3.63) is 28.8 Å². The number of halogens is 1. The first-order valence-corrected chi connectivity index (χ1v) is 5.11. The van der Waals surface area contributed by atoms with Gasteiger partial charge >= 0.3 is 0 Å². The van der Waals surface area contributed by atoms with Crippen LogP contribution in [-0.4, -0.2) is 13.7 Å². The molecule has 1 rings (SSSR count). The minimum absolute atomic E-state index is 0.377. The Morgan fingerprint density at radius 2 is 2.27 bits per heavy atom. The average molecular weight is 224 g/mol. The number of nitrogens with one attached hydrogen (secondary N) is 1. The molecule has 0 atom stereocenters. The Labute approximate surface area is 95.6 Å². The third-order valence-electron chi connectivity index (χ3n) is 1.85. The van der Waals surface area contributed by atoms with Crippen molar-refractivity contribution in [3.8, 4) is 17.6 Å². The zero-order valence-electron chi connectivity index (χ0n) is 8.93. The van der Waals surface area contributed by atoms with E-state index in [0.29, 0.717) is 17.4 Å². The van der Waals surface area contributed by atoms with Crippen LogP contribution >= 0.6 is 11.6 Å². The van der Waals surface area contributed by atoms with Crippen LogP contribution in [0.4, 0.5) is 0 Å². The molecule has 0 aliphatic carbocycles. The molecule has 2 nitrogen and oxygen atoms in total. The molecule has 1 N–H and O–H groups in total. The topological polar surface area (TPSA) is 21.3 Å². The first-order valence-electron chi connectivity index (χ1n) is 4.73. The molecule has 0 bridgehead atoms. The minimum Gasteiger partial charge on any atom is -0.479 e. The molecular formula is C12H14ClNO. The maximum atomic E-state index is 6.04. The van der Waals surface area contributed by atoms with Crippen LogP contribution in [0.2, 0.25) is 5.02 Å². The molecule has 0 saturated carbocycles. The standard InChI is InChI=1S/C12H14ClNO/c1-3-4-7-15-12-6-5-10(9-14-2)8-11(12)13/h5-6,8,14H,7,9H2,1-2H3. The predicted octanol–water partition coefficient (Wildman–Crippen LogP) is 2.46. The minimum atomic E-state index is 0.377. The molecule has 80 valence electrons. The zero-order chi connectivity index (χ0) is 11.1. The monoisotopic (exact) mass is 223 g/mol. The summed E-state index contributed by atoms with van der Waals surface area (Å²) in [4.78, 5) is 0. The van der Waals surface area contributed by atoms with Crippen LogP contribution in [0.3, 0.4) is 0 Å². The Hall–Kier alpha value is -1.17. The second-order valence-electron chi connectivity index (χ2n) is 3.01. The van der Waals surface area contributed by atoms with E-state index in [0.717, 1.165) is 12.1 Å². The molecule has 0 fully saturated rings. The molecule has 3 heteroatoms. The summed E-state index contributed by atoms with van der Waals surface area (Å²) in [5.41, 5.74) is 1.14. The summed E-state index contributed by atoms with van der Waals surface area (Å²) in [6.45, 7) is 2.96. The number of hydrogen-bond acceptors (Lipinski definition) is 2. The highest BCUT2D eigenvalue weighted by atomic mass is 35.5. The molecule has 0 spiro atoms. The second-order valence-corrected chi connectivity index (χ2v) is 3.42. The fourth-order valence-electron chi connectivity index (χ4n) is 1.16. The second kappa shape index (κ2) is 6.34. The summed E-state index contributed by atoms with van der Waals surface area (Å²) in [7, 11) is 1.90. The molecule has 0 aromatic heterocycles. The summed E-state index contributed by atoms with van der Waals surface area (Å²) >= 11 is 6.04. The Morgan fingerprint density at radius 3 is 2.87 bits per heavy atom. The third kappa shape index (κ3) is 3.83. The zero-order valence-corrected chi connectivity index (χ0v) is 9.69. The van der Waals surface area contributed by atoms with Crippen molar-refractivity contribution in [2.75, 3.05) is 13.7 Å². The molecule has 1 aromatic carbocycles. The van der Waals surface area contributed by atoms with Crippen LogP contribution in [0.5, 0.6) is 5.75 Å². The maximum absolute atomic E-state index is 6.04. The van der Waals surface area contributed by atoms with Gasteiger partial charge in [-0.1, -0.05) is 23.6 Å². The lowest BCUT2D eigenvalue weighted by Gasteiger charge is -2.06. The van der Waals surface area contributed by atoms with E-state index in [4.69, 9.17) is 16.3 Å². The smallest absolute Gasteiger partial charge is 0.149 e. The summed E-state index contributed by atoms with van der Waals surface area (Å²) in [5, 5.41) is 3.69. The Morgan fingerprint density at radius 1 is 1.47 bits per heavy atom. The highest BCUT2D eigenvalue weighted by Gasteiger charge is 2.01. The molecule has 0 radical (unpaired) electrons. The molecule has 0 aliphatic heterocycles. The summed E-state index contributed by atoms with van der Waals surface area (Å²) < 4.78 is 5.38. The number of hydrogen-bond donors (Lipinski definition) is 1. The van der Waals surface area contributed by atoms with Gasteiger partial charge in [0.05, 0.1) is 5.02 Å². The van der Waals surface area contributed by atoms with Crippen LogP contribution in [0, 0.1) is 11.8 Å². The van der Waals surface area contributed by atoms with Gasteiger partial charge in [0, 0.05) is 6.54 Å². The normalized spacial score (nSPS) is 9.27. The third-order valence-corrected chi connectivity index (χ3v) is 2.15. The molecular weight excluding hydrogens is 210 g/mol. The Balaban J connectivity index is 2.68. The van der Waals surface area contributed by atoms with Crippen molar-refractivity contribution in [1.82, 2.24) is 5.32 Å². The lowest BCUT2D eigenvalue weighted by atomic mass is 10.2. The van der Waals surface area contributed by atoms with E-state index in [9.17, 15) is 0 Å². The van der Waals surface area contributed by atoms with Gasteiger partial charge in [-0.3, -0.25) is 0 Å². The van der Waals surface area contributed by atoms with E-state index >= 15 is 0 Å². The van der Waals surface area contributed by atoms with E-state index < -0.39 is 0 Å². The van der Waals surface area contributed by atoms with Gasteiger partial charge in [0.2, 0.25) is 0 Å². The van der Waals surface area contributed by atoms with E-state index in [1.807, 2.05) is 25.2 Å². The van der Waals surface area contributed by atoms with Crippen molar-refractivity contribution in [3.63, 3.8) is 0 Å². The summed E-state index contributed by atoms with van der Waals surface area (Å²) in [5.74, 6) is 6.26. The van der Waals surface area contributed by atoms with Gasteiger partial charge < -0.3 is 10.1 Å². The highest BCUT2D eigenvalue weighted by molar-refractivity contribution is 6.32. The van der Waals surface area contributed by atoms with Gasteiger partial charge in [-0.2, -0.15) is 0 Å². The molecule has 0 heterocycles. The first kappa shape index (κ1) is 11.9. The van der Waals surface area contributed by atoms with Crippen LogP contribution in [0.1, 0.15) is 12.5 Å². The SMILES string of the molecule is CC#CCOc1ccc(CNC)cc1Cl. The molecule has 0 unspecified atom stereocenters. The van der Waals surface area contributed by atoms with Crippen molar-refractivity contribution in [2.45, 2.75) is 13.5 Å². The van der Waals surface area contributed by atoms with Gasteiger partial charge in [0.15, 0.2) is 0 Å². The maximum Gasteiger partial charge on any atom is 0.149 e. The van der Waals surface area contributed by atoms with Gasteiger partial charge in [-0.05, 0) is 31.7 Å². The van der Waals surface area contributed by atoms with E-state index in [1.165, 1.54) is 0 Å². The Kier molecular flexibility index (Phi) is 5.03. The fraction of sp³-hybridized carbons (Fsp3) is 0.333. The van der Waals surface area contributed by atoms with Gasteiger partial charge in [0.25, 0.3) is 0 Å². The van der Waals surface area contributed by atoms with Crippen molar-refractivity contribution >= 4 is 11.6 Å². The van der Waals surface area contributed by atoms with E-state index in [-0.39, 0.29) is 0 Å². The predicted molar refractivity (Wildman–Crippen MR) is 63.2 cm³/mol. The number of ether oxygens (including phenoxy) is 1. The number of rotatable bonds is 4. The van der Waals surface area contributed by atoms with Gasteiger partial charge in [0.1, 0.15) is 12.4 Å². The van der Waals surface area contributed by atoms with Crippen LogP contribution in [0.25, 0.3) is 0 Å². The van der Waals surface area contributed by atoms with Gasteiger partial charge in [-0.15, -0.1) is 5.92 Å². The molecule has 0 aliphatic rings. The fourth-order valence-corrected chi connectivity index (χ4v) is 1.42. The molecule has 0 amide bonds. The van der Waals surface area contributed by atoms with Crippen molar-refractivity contribution in [2.24, 2.45) is 0 Å². The van der Waals surface area contributed by atoms with Crippen LogP contribution < -0.4 is 10.1 Å². The lowest BCUT2D eigenvalue weighted by molar-refractivity contribution is 0.370. The summed E-state index contributed by atoms with van der Waals surface area (Å²) in [6, 6.07) is 5.75. The first-order chi connectivity index (χ1) is 7.27. The lowest BCUT2D eigenvalue weighted by Crippen LogP contribution is -2.05. The quantitative estimate of drug-likeness (QED) is 0.792. The van der Waals surface area contributed by atoms with Crippen molar-refractivity contribution < 1.29 is 4.74 Å². The average Bonchev–Trinajstić information content (AvgIpc) is 2.22. The molecule has 1 aromatic rings. The van der Waals surface area contributed by atoms with E-state index in [2.05, 4.69) is 17.2 Å². The largest absolute Gasteiger partial charge is 0.479 e. The molecule has 0 saturated heterocycles. The highest BCUT2D eigenvalue weighted by Crippen LogP contribution is 2.25. The van der Waals surface area contributed by atoms with Crippen LogP contribution in [-0.2, 0) is 6.54 Å². The summed E-state index contributed by atoms with van der Waals surface area (Å²) in [6.07, 6.45) is 0.